The number of fused-ring (bicyclic) bond motifs is 9. The van der Waals surface area contributed by atoms with E-state index in [1.54, 1.807) is 0 Å². The molecule has 54 heavy (non-hydrogen) atoms. The number of hydrogen-bond acceptors (Lipinski definition) is 2. The monoisotopic (exact) mass is 703 g/mol. The third kappa shape index (κ3) is 4.99. The van der Waals surface area contributed by atoms with Gasteiger partial charge in [0.15, 0.2) is 0 Å². The van der Waals surface area contributed by atoms with Gasteiger partial charge in [-0.2, -0.15) is 0 Å². The summed E-state index contributed by atoms with van der Waals surface area (Å²) in [6, 6.07) is 73.5. The number of thiophene rings is 1. The highest BCUT2D eigenvalue weighted by Crippen LogP contribution is 2.46. The first-order valence-corrected chi connectivity index (χ1v) is 19.3. The highest BCUT2D eigenvalue weighted by Gasteiger charge is 2.19. The summed E-state index contributed by atoms with van der Waals surface area (Å²) in [6.07, 6.45) is 0. The molecule has 1 aromatic heterocycles. The van der Waals surface area contributed by atoms with Gasteiger partial charge >= 0.3 is 0 Å². The van der Waals surface area contributed by atoms with E-state index in [0.717, 1.165) is 11.4 Å². The van der Waals surface area contributed by atoms with Crippen LogP contribution in [0.4, 0.5) is 17.1 Å². The molecule has 252 valence electrons. The van der Waals surface area contributed by atoms with Crippen molar-refractivity contribution in [3.8, 4) is 22.3 Å². The summed E-state index contributed by atoms with van der Waals surface area (Å²) in [6.45, 7) is 0. The largest absolute Gasteiger partial charge is 0.309 e. The third-order valence-electron chi connectivity index (χ3n) is 11.0. The first-order valence-electron chi connectivity index (χ1n) is 18.5. The summed E-state index contributed by atoms with van der Waals surface area (Å²) in [5.41, 5.74) is 8.27. The van der Waals surface area contributed by atoms with E-state index in [4.69, 9.17) is 0 Å². The molecule has 11 aromatic rings. The average Bonchev–Trinajstić information content (AvgIpc) is 3.61. The van der Waals surface area contributed by atoms with E-state index < -0.39 is 0 Å². The molecule has 0 aliphatic carbocycles. The number of benzene rings is 10. The van der Waals surface area contributed by atoms with Crippen LogP contribution in [0.5, 0.6) is 0 Å². The maximum atomic E-state index is 2.44. The van der Waals surface area contributed by atoms with Crippen molar-refractivity contribution in [2.45, 2.75) is 0 Å². The summed E-state index contributed by atoms with van der Waals surface area (Å²) in [5.74, 6) is 0. The van der Waals surface area contributed by atoms with Gasteiger partial charge in [0.25, 0.3) is 0 Å². The minimum Gasteiger partial charge on any atom is -0.309 e. The summed E-state index contributed by atoms with van der Waals surface area (Å²) in [7, 11) is 0. The van der Waals surface area contributed by atoms with E-state index in [-0.39, 0.29) is 0 Å². The Morgan fingerprint density at radius 1 is 0.315 bits per heavy atom. The molecule has 0 saturated carbocycles. The number of hydrogen-bond donors (Lipinski definition) is 0. The molecule has 0 saturated heterocycles. The van der Waals surface area contributed by atoms with Gasteiger partial charge in [-0.3, -0.25) is 0 Å². The summed E-state index contributed by atoms with van der Waals surface area (Å²) < 4.78 is 2.59. The van der Waals surface area contributed by atoms with Crippen LogP contribution in [0.1, 0.15) is 0 Å². The second-order valence-corrected chi connectivity index (χ2v) is 15.2. The molecule has 0 N–H and O–H groups in total. The van der Waals surface area contributed by atoms with Crippen molar-refractivity contribution >= 4 is 91.7 Å². The molecular formula is C52H33NS. The first-order chi connectivity index (χ1) is 26.8. The molecule has 1 heterocycles. The molecule has 1 nitrogen and oxygen atoms in total. The van der Waals surface area contributed by atoms with E-state index in [0.29, 0.717) is 0 Å². The molecule has 2 heteroatoms. The van der Waals surface area contributed by atoms with Gasteiger partial charge in [0, 0.05) is 26.8 Å². The van der Waals surface area contributed by atoms with Crippen LogP contribution < -0.4 is 4.90 Å². The Labute approximate surface area is 317 Å². The van der Waals surface area contributed by atoms with E-state index in [2.05, 4.69) is 205 Å². The maximum absolute atomic E-state index is 2.44. The predicted molar refractivity (Wildman–Crippen MR) is 235 cm³/mol. The quantitative estimate of drug-likeness (QED) is 0.161. The van der Waals surface area contributed by atoms with Gasteiger partial charge in [-0.15, -0.1) is 11.3 Å². The van der Waals surface area contributed by atoms with Crippen LogP contribution in [0.2, 0.25) is 0 Å². The lowest BCUT2D eigenvalue weighted by Gasteiger charge is -2.27. The molecule has 10 aromatic carbocycles. The van der Waals surface area contributed by atoms with Gasteiger partial charge in [-0.05, 0) is 108 Å². The van der Waals surface area contributed by atoms with Crippen LogP contribution in [0.15, 0.2) is 200 Å². The zero-order valence-electron chi connectivity index (χ0n) is 29.4. The summed E-state index contributed by atoms with van der Waals surface area (Å²) >= 11 is 1.88. The summed E-state index contributed by atoms with van der Waals surface area (Å²) in [5, 5.41) is 12.8. The van der Waals surface area contributed by atoms with Crippen molar-refractivity contribution in [2.24, 2.45) is 0 Å². The highest BCUT2D eigenvalue weighted by molar-refractivity contribution is 7.26. The Morgan fingerprint density at radius 3 is 1.81 bits per heavy atom. The lowest BCUT2D eigenvalue weighted by molar-refractivity contribution is 1.30. The van der Waals surface area contributed by atoms with Crippen molar-refractivity contribution in [1.29, 1.82) is 0 Å². The Morgan fingerprint density at radius 2 is 0.944 bits per heavy atom. The van der Waals surface area contributed by atoms with E-state index in [1.807, 2.05) is 11.3 Å². The molecule has 0 amide bonds. The van der Waals surface area contributed by atoms with Gasteiger partial charge < -0.3 is 4.90 Å². The molecule has 0 fully saturated rings. The standard InChI is InChI=1S/C52H33NS/c1-2-11-34(12-3-1)37-16-8-17-41(31-37)53(50-22-10-21-48-49-32-38-14-4-5-15-39(38)33-51(49)54-52(48)50)40-26-23-36(24-27-40)43-19-9-20-44-45(43)29-30-46-42-18-7-6-13-35(42)25-28-47(44)46/h1-33H. The van der Waals surface area contributed by atoms with Crippen LogP contribution in [0, 0.1) is 0 Å². The lowest BCUT2D eigenvalue weighted by atomic mass is 9.92. The number of anilines is 3. The normalized spacial score (nSPS) is 11.7. The van der Waals surface area contributed by atoms with E-state index >= 15 is 0 Å². The Hall–Kier alpha value is -6.74. The Kier molecular flexibility index (Phi) is 7.11. The topological polar surface area (TPSA) is 3.24 Å². The molecule has 0 spiro atoms. The van der Waals surface area contributed by atoms with Crippen molar-refractivity contribution in [1.82, 2.24) is 0 Å². The fraction of sp³-hybridized carbons (Fsp3) is 0. The number of nitrogens with zero attached hydrogens (tertiary/aromatic N) is 1. The SMILES string of the molecule is c1ccc(-c2cccc(N(c3ccc(-c4cccc5c4ccc4c6ccccc6ccc54)cc3)c3cccc4c3sc3cc5ccccc5cc34)c2)cc1. The Balaban J connectivity index is 1.08. The molecule has 0 aliphatic rings. The maximum Gasteiger partial charge on any atom is 0.0640 e. The van der Waals surface area contributed by atoms with Crippen molar-refractivity contribution in [3.63, 3.8) is 0 Å². The fourth-order valence-corrected chi connectivity index (χ4v) is 9.66. The van der Waals surface area contributed by atoms with Crippen LogP contribution in [-0.2, 0) is 0 Å². The summed E-state index contributed by atoms with van der Waals surface area (Å²) in [4.78, 5) is 2.44. The lowest BCUT2D eigenvalue weighted by Crippen LogP contribution is -2.10. The van der Waals surface area contributed by atoms with Crippen LogP contribution in [0.3, 0.4) is 0 Å². The smallest absolute Gasteiger partial charge is 0.0640 e. The predicted octanol–water partition coefficient (Wildman–Crippen LogP) is 15.5. The minimum atomic E-state index is 1.12. The van der Waals surface area contributed by atoms with Crippen LogP contribution >= 0.6 is 11.3 Å². The van der Waals surface area contributed by atoms with E-state index in [9.17, 15) is 0 Å². The van der Waals surface area contributed by atoms with Gasteiger partial charge in [-0.25, -0.2) is 0 Å². The van der Waals surface area contributed by atoms with E-state index in [1.165, 1.54) is 91.2 Å². The van der Waals surface area contributed by atoms with Crippen LogP contribution in [0.25, 0.3) is 85.5 Å². The van der Waals surface area contributed by atoms with Crippen molar-refractivity contribution in [3.05, 3.63) is 200 Å². The third-order valence-corrected chi connectivity index (χ3v) is 12.2. The van der Waals surface area contributed by atoms with Gasteiger partial charge in [0.1, 0.15) is 0 Å². The minimum absolute atomic E-state index is 1.12. The second-order valence-electron chi connectivity index (χ2n) is 14.1. The number of rotatable bonds is 5. The molecule has 11 rings (SSSR count). The second kappa shape index (κ2) is 12.4. The molecule has 0 unspecified atom stereocenters. The zero-order valence-corrected chi connectivity index (χ0v) is 30.2. The molecule has 0 aliphatic heterocycles. The zero-order chi connectivity index (χ0) is 35.6. The average molecular weight is 704 g/mol. The Bertz CT molecular complexity index is 3210. The molecule has 0 bridgehead atoms. The van der Waals surface area contributed by atoms with Crippen LogP contribution in [-0.4, -0.2) is 0 Å². The van der Waals surface area contributed by atoms with Crippen molar-refractivity contribution in [2.75, 3.05) is 4.90 Å². The van der Waals surface area contributed by atoms with Gasteiger partial charge in [0.2, 0.25) is 0 Å². The molecule has 0 radical (unpaired) electrons. The first kappa shape index (κ1) is 30.8. The van der Waals surface area contributed by atoms with Crippen molar-refractivity contribution < 1.29 is 0 Å². The molecule has 0 atom stereocenters. The fourth-order valence-electron chi connectivity index (χ4n) is 8.43. The molecular weight excluding hydrogens is 671 g/mol. The van der Waals surface area contributed by atoms with Gasteiger partial charge in [-0.1, -0.05) is 158 Å². The van der Waals surface area contributed by atoms with Gasteiger partial charge in [0.05, 0.1) is 10.4 Å². The highest BCUT2D eigenvalue weighted by atomic mass is 32.1.